The third-order valence-corrected chi connectivity index (χ3v) is 4.22. The molecule has 1 aliphatic rings. The molecule has 0 bridgehead atoms. The molecule has 90 valence electrons. The molecule has 16 heavy (non-hydrogen) atoms. The summed E-state index contributed by atoms with van der Waals surface area (Å²) in [6, 6.07) is 0. The van der Waals surface area contributed by atoms with Crippen molar-refractivity contribution in [1.29, 1.82) is 0 Å². The van der Waals surface area contributed by atoms with Crippen molar-refractivity contribution < 1.29 is 24.6 Å². The van der Waals surface area contributed by atoms with E-state index < -0.39 is 34.5 Å². The Morgan fingerprint density at radius 3 is 1.94 bits per heavy atom. The fourth-order valence-electron chi connectivity index (χ4n) is 2.57. The van der Waals surface area contributed by atoms with Crippen LogP contribution in [0.5, 0.6) is 0 Å². The van der Waals surface area contributed by atoms with Crippen molar-refractivity contribution in [3.63, 3.8) is 0 Å². The molecule has 2 atom stereocenters. The Hall–Kier alpha value is -1.39. The van der Waals surface area contributed by atoms with Gasteiger partial charge in [0, 0.05) is 5.41 Å². The van der Waals surface area contributed by atoms with Crippen molar-refractivity contribution in [2.24, 2.45) is 16.7 Å². The summed E-state index contributed by atoms with van der Waals surface area (Å²) in [4.78, 5) is 33.5. The summed E-state index contributed by atoms with van der Waals surface area (Å²) in [5.41, 5.74) is -1.93. The Morgan fingerprint density at radius 2 is 1.62 bits per heavy atom. The van der Waals surface area contributed by atoms with Crippen LogP contribution in [0.15, 0.2) is 0 Å². The average molecular weight is 228 g/mol. The molecule has 0 heterocycles. The Morgan fingerprint density at radius 1 is 1.12 bits per heavy atom. The summed E-state index contributed by atoms with van der Waals surface area (Å²) >= 11 is 0. The molecule has 0 amide bonds. The molecule has 2 N–H and O–H groups in total. The largest absolute Gasteiger partial charge is 0.481 e. The van der Waals surface area contributed by atoms with Crippen molar-refractivity contribution in [3.05, 3.63) is 0 Å². The highest BCUT2D eigenvalue weighted by Gasteiger charge is 2.59. The number of aliphatic carboxylic acids is 2. The van der Waals surface area contributed by atoms with Crippen molar-refractivity contribution in [2.75, 3.05) is 0 Å². The van der Waals surface area contributed by atoms with Gasteiger partial charge in [0.05, 0.1) is 5.92 Å². The van der Waals surface area contributed by atoms with Crippen LogP contribution in [0, 0.1) is 16.7 Å². The lowest BCUT2D eigenvalue weighted by Gasteiger charge is -2.37. The first-order valence-electron chi connectivity index (χ1n) is 5.15. The molecule has 5 nitrogen and oxygen atoms in total. The molecule has 0 radical (unpaired) electrons. The Balaban J connectivity index is 3.14. The van der Waals surface area contributed by atoms with E-state index in [-0.39, 0.29) is 0 Å². The van der Waals surface area contributed by atoms with Crippen LogP contribution in [0.4, 0.5) is 0 Å². The van der Waals surface area contributed by atoms with Gasteiger partial charge in [0.15, 0.2) is 0 Å². The number of rotatable bonds is 3. The first kappa shape index (κ1) is 12.7. The fourth-order valence-corrected chi connectivity index (χ4v) is 2.57. The monoisotopic (exact) mass is 228 g/mol. The van der Waals surface area contributed by atoms with Crippen molar-refractivity contribution >= 4 is 17.7 Å². The van der Waals surface area contributed by atoms with Gasteiger partial charge < -0.3 is 10.2 Å². The minimum atomic E-state index is -1.48. The van der Waals surface area contributed by atoms with E-state index >= 15 is 0 Å². The smallest absolute Gasteiger partial charge is 0.372 e. The molecule has 5 heteroatoms. The SMILES string of the molecule is CC1(C)[C@H](C(=O)O)CC[C@]1(C)C(=O)C(=O)O. The summed E-state index contributed by atoms with van der Waals surface area (Å²) in [6.07, 6.45) is 0.653. The third kappa shape index (κ3) is 1.50. The van der Waals surface area contributed by atoms with Gasteiger partial charge in [-0.25, -0.2) is 4.79 Å². The van der Waals surface area contributed by atoms with Crippen LogP contribution < -0.4 is 0 Å². The van der Waals surface area contributed by atoms with Gasteiger partial charge in [0.1, 0.15) is 0 Å². The van der Waals surface area contributed by atoms with E-state index in [1.54, 1.807) is 20.8 Å². The molecular weight excluding hydrogens is 212 g/mol. The van der Waals surface area contributed by atoms with Crippen LogP contribution in [0.2, 0.25) is 0 Å². The lowest BCUT2D eigenvalue weighted by atomic mass is 9.63. The van der Waals surface area contributed by atoms with Crippen LogP contribution >= 0.6 is 0 Å². The molecule has 1 saturated carbocycles. The third-order valence-electron chi connectivity index (χ3n) is 4.22. The number of hydrogen-bond acceptors (Lipinski definition) is 3. The van der Waals surface area contributed by atoms with Gasteiger partial charge in [0.2, 0.25) is 5.78 Å². The van der Waals surface area contributed by atoms with Crippen molar-refractivity contribution in [2.45, 2.75) is 33.6 Å². The lowest BCUT2D eigenvalue weighted by molar-refractivity contribution is -0.159. The first-order valence-corrected chi connectivity index (χ1v) is 5.15. The second-order valence-corrected chi connectivity index (χ2v) is 5.12. The number of Topliss-reactive ketones (excluding diaryl/α,β-unsaturated/α-hetero) is 1. The van der Waals surface area contributed by atoms with Crippen LogP contribution in [0.25, 0.3) is 0 Å². The van der Waals surface area contributed by atoms with Gasteiger partial charge in [0.25, 0.3) is 0 Å². The van der Waals surface area contributed by atoms with E-state index in [0.29, 0.717) is 12.8 Å². The fraction of sp³-hybridized carbons (Fsp3) is 0.727. The molecule has 1 rings (SSSR count). The van der Waals surface area contributed by atoms with Gasteiger partial charge in [-0.2, -0.15) is 0 Å². The number of hydrogen-bond donors (Lipinski definition) is 2. The normalized spacial score (nSPS) is 32.3. The van der Waals surface area contributed by atoms with Crippen molar-refractivity contribution in [3.8, 4) is 0 Å². The van der Waals surface area contributed by atoms with E-state index in [0.717, 1.165) is 0 Å². The Labute approximate surface area is 93.5 Å². The summed E-state index contributed by atoms with van der Waals surface area (Å²) in [7, 11) is 0. The second-order valence-electron chi connectivity index (χ2n) is 5.12. The van der Waals surface area contributed by atoms with Crippen LogP contribution in [0.1, 0.15) is 33.6 Å². The number of carbonyl (C=O) groups is 3. The maximum absolute atomic E-state index is 11.7. The van der Waals surface area contributed by atoms with E-state index in [9.17, 15) is 14.4 Å². The standard InChI is InChI=1S/C11H16O5/c1-10(2)6(8(13)14)4-5-11(10,3)7(12)9(15)16/h6H,4-5H2,1-3H3,(H,13,14)(H,15,16)/t6-,11+/m0/s1. The van der Waals surface area contributed by atoms with E-state index in [2.05, 4.69) is 0 Å². The molecule has 0 aromatic heterocycles. The molecule has 0 spiro atoms. The summed E-state index contributed by atoms with van der Waals surface area (Å²) in [6.45, 7) is 4.85. The van der Waals surface area contributed by atoms with Gasteiger partial charge in [-0.3, -0.25) is 9.59 Å². The molecule has 0 saturated heterocycles. The maximum Gasteiger partial charge on any atom is 0.372 e. The number of carboxylic acids is 2. The van der Waals surface area contributed by atoms with Crippen molar-refractivity contribution in [1.82, 2.24) is 0 Å². The zero-order valence-corrected chi connectivity index (χ0v) is 9.61. The highest BCUT2D eigenvalue weighted by atomic mass is 16.4. The summed E-state index contributed by atoms with van der Waals surface area (Å²) in [5, 5.41) is 17.8. The number of carboxylic acid groups (broad SMARTS) is 2. The average Bonchev–Trinajstić information content (AvgIpc) is 2.37. The Kier molecular flexibility index (Phi) is 2.83. The highest BCUT2D eigenvalue weighted by Crippen LogP contribution is 2.56. The summed E-state index contributed by atoms with van der Waals surface area (Å²) in [5.74, 6) is -4.00. The maximum atomic E-state index is 11.7. The van der Waals surface area contributed by atoms with Gasteiger partial charge in [-0.05, 0) is 18.3 Å². The summed E-state index contributed by atoms with van der Waals surface area (Å²) < 4.78 is 0. The van der Waals surface area contributed by atoms with E-state index in [1.165, 1.54) is 0 Å². The van der Waals surface area contributed by atoms with E-state index in [4.69, 9.17) is 10.2 Å². The number of ketones is 1. The molecule has 0 aliphatic heterocycles. The highest BCUT2D eigenvalue weighted by molar-refractivity contribution is 6.35. The number of carbonyl (C=O) groups excluding carboxylic acids is 1. The molecule has 0 aromatic rings. The first-order chi connectivity index (χ1) is 7.14. The Bertz CT molecular complexity index is 357. The second kappa shape index (κ2) is 3.57. The predicted molar refractivity (Wildman–Crippen MR) is 54.9 cm³/mol. The van der Waals surface area contributed by atoms with Gasteiger partial charge in [-0.1, -0.05) is 20.8 Å². The quantitative estimate of drug-likeness (QED) is 0.707. The molecule has 0 aromatic carbocycles. The van der Waals surface area contributed by atoms with Gasteiger partial charge >= 0.3 is 11.9 Å². The molecule has 1 fully saturated rings. The molecule has 1 aliphatic carbocycles. The zero-order valence-electron chi connectivity index (χ0n) is 9.61. The van der Waals surface area contributed by atoms with Gasteiger partial charge in [-0.15, -0.1) is 0 Å². The van der Waals surface area contributed by atoms with E-state index in [1.807, 2.05) is 0 Å². The predicted octanol–water partition coefficient (Wildman–Crippen LogP) is 1.17. The molecule has 0 unspecified atom stereocenters. The zero-order chi connectivity index (χ0) is 12.7. The van der Waals surface area contributed by atoms with Crippen LogP contribution in [0.3, 0.4) is 0 Å². The minimum Gasteiger partial charge on any atom is -0.481 e. The topological polar surface area (TPSA) is 91.7 Å². The lowest BCUT2D eigenvalue weighted by Crippen LogP contribution is -2.45. The van der Waals surface area contributed by atoms with Crippen LogP contribution in [-0.4, -0.2) is 27.9 Å². The van der Waals surface area contributed by atoms with Crippen LogP contribution in [-0.2, 0) is 14.4 Å². The minimum absolute atomic E-state index is 0.308. The molecular formula is C11H16O5.